The van der Waals surface area contributed by atoms with E-state index in [2.05, 4.69) is 15.1 Å². The lowest BCUT2D eigenvalue weighted by atomic mass is 10.2. The average molecular weight is 479 g/mol. The van der Waals surface area contributed by atoms with Crippen LogP contribution >= 0.6 is 23.4 Å². The van der Waals surface area contributed by atoms with E-state index in [1.165, 1.54) is 17.8 Å². The van der Waals surface area contributed by atoms with Crippen LogP contribution in [0.4, 0.5) is 4.39 Å². The van der Waals surface area contributed by atoms with Crippen LogP contribution < -0.4 is 5.56 Å². The lowest BCUT2D eigenvalue weighted by Crippen LogP contribution is -2.24. The summed E-state index contributed by atoms with van der Waals surface area (Å²) < 4.78 is 20.9. The van der Waals surface area contributed by atoms with E-state index in [1.807, 2.05) is 24.3 Å². The van der Waals surface area contributed by atoms with Crippen molar-refractivity contribution in [2.45, 2.75) is 17.5 Å². The van der Waals surface area contributed by atoms with Gasteiger partial charge in [0.2, 0.25) is 11.7 Å². The molecule has 0 saturated heterocycles. The van der Waals surface area contributed by atoms with Crippen molar-refractivity contribution in [2.75, 3.05) is 0 Å². The Labute approximate surface area is 197 Å². The lowest BCUT2D eigenvalue weighted by molar-refractivity contribution is 0.391. The summed E-state index contributed by atoms with van der Waals surface area (Å²) >= 11 is 7.62. The van der Waals surface area contributed by atoms with Crippen LogP contribution in [0.5, 0.6) is 0 Å². The molecule has 0 fully saturated rings. The Morgan fingerprint density at radius 3 is 2.58 bits per heavy atom. The van der Waals surface area contributed by atoms with E-state index in [0.717, 1.165) is 5.56 Å². The smallest absolute Gasteiger partial charge is 0.262 e. The number of thioether (sulfide) groups is 1. The summed E-state index contributed by atoms with van der Waals surface area (Å²) in [5.41, 5.74) is 1.50. The number of nitrogens with zero attached hydrogens (tertiary/aromatic N) is 4. The first-order chi connectivity index (χ1) is 16.1. The second-order valence-corrected chi connectivity index (χ2v) is 8.52. The molecular weight excluding hydrogens is 463 g/mol. The maximum absolute atomic E-state index is 14.0. The van der Waals surface area contributed by atoms with Crippen LogP contribution in [0.3, 0.4) is 0 Å². The first-order valence-electron chi connectivity index (χ1n) is 10.0. The minimum absolute atomic E-state index is 0.166. The molecule has 2 heterocycles. The van der Waals surface area contributed by atoms with E-state index >= 15 is 0 Å². The Morgan fingerprint density at radius 1 is 0.970 bits per heavy atom. The van der Waals surface area contributed by atoms with Crippen LogP contribution in [0, 0.1) is 5.82 Å². The first kappa shape index (κ1) is 21.4. The summed E-state index contributed by atoms with van der Waals surface area (Å²) in [4.78, 5) is 22.3. The number of benzene rings is 3. The zero-order chi connectivity index (χ0) is 22.8. The molecule has 0 aliphatic rings. The number of hydrogen-bond acceptors (Lipinski definition) is 6. The van der Waals surface area contributed by atoms with Gasteiger partial charge in [0.05, 0.1) is 28.8 Å². The molecule has 0 unspecified atom stereocenters. The number of para-hydroxylation sites is 1. The number of hydrogen-bond donors (Lipinski definition) is 0. The summed E-state index contributed by atoms with van der Waals surface area (Å²) in [5, 5.41) is 5.46. The zero-order valence-electron chi connectivity index (χ0n) is 17.1. The van der Waals surface area contributed by atoms with Gasteiger partial charge >= 0.3 is 0 Å². The van der Waals surface area contributed by atoms with Gasteiger partial charge in [-0.25, -0.2) is 9.37 Å². The van der Waals surface area contributed by atoms with Gasteiger partial charge in [0.25, 0.3) is 5.56 Å². The summed E-state index contributed by atoms with van der Waals surface area (Å²) in [6.07, 6.45) is 0. The minimum Gasteiger partial charge on any atom is -0.338 e. The molecule has 5 aromatic rings. The Kier molecular flexibility index (Phi) is 5.93. The van der Waals surface area contributed by atoms with Gasteiger partial charge in [-0.05, 0) is 35.9 Å². The molecule has 0 aliphatic heterocycles. The lowest BCUT2D eigenvalue weighted by Gasteiger charge is -2.13. The SMILES string of the molecule is O=c1c2ccccc2nc(SCc2nc(-c3ccccc3F)no2)n1Cc1ccccc1Cl. The van der Waals surface area contributed by atoms with E-state index in [1.54, 1.807) is 47.0 Å². The monoisotopic (exact) mass is 478 g/mol. The zero-order valence-corrected chi connectivity index (χ0v) is 18.7. The van der Waals surface area contributed by atoms with Crippen molar-refractivity contribution in [2.24, 2.45) is 0 Å². The molecule has 0 amide bonds. The van der Waals surface area contributed by atoms with E-state index in [-0.39, 0.29) is 29.2 Å². The van der Waals surface area contributed by atoms with Crippen molar-refractivity contribution in [3.05, 3.63) is 105 Å². The van der Waals surface area contributed by atoms with Gasteiger partial charge in [0.15, 0.2) is 5.16 Å². The fourth-order valence-electron chi connectivity index (χ4n) is 3.39. The summed E-state index contributed by atoms with van der Waals surface area (Å²) in [6.45, 7) is 0.267. The molecule has 0 saturated carbocycles. The standard InChI is InChI=1S/C24H16ClFN4O2S/c25-18-10-4-1-7-15(18)13-30-23(31)17-9-3-6-12-20(17)27-24(30)33-14-21-28-22(29-32-21)16-8-2-5-11-19(16)26/h1-12H,13-14H2. The van der Waals surface area contributed by atoms with Crippen molar-refractivity contribution in [1.82, 2.24) is 19.7 Å². The topological polar surface area (TPSA) is 73.8 Å². The fraction of sp³-hybridized carbons (Fsp3) is 0.0833. The predicted molar refractivity (Wildman–Crippen MR) is 126 cm³/mol. The van der Waals surface area contributed by atoms with Crippen molar-refractivity contribution >= 4 is 34.3 Å². The van der Waals surface area contributed by atoms with Gasteiger partial charge in [0, 0.05) is 5.02 Å². The highest BCUT2D eigenvalue weighted by molar-refractivity contribution is 7.98. The summed E-state index contributed by atoms with van der Waals surface area (Å²) in [5.74, 6) is 0.297. The molecule has 164 valence electrons. The molecule has 0 atom stereocenters. The second kappa shape index (κ2) is 9.17. The predicted octanol–water partition coefficient (Wildman–Crippen LogP) is 5.58. The van der Waals surface area contributed by atoms with Gasteiger partial charge < -0.3 is 4.52 Å². The normalized spacial score (nSPS) is 11.2. The van der Waals surface area contributed by atoms with Gasteiger partial charge in [0.1, 0.15) is 5.82 Å². The molecule has 0 bridgehead atoms. The highest BCUT2D eigenvalue weighted by Crippen LogP contribution is 2.26. The van der Waals surface area contributed by atoms with Gasteiger partial charge in [-0.1, -0.05) is 71.0 Å². The molecule has 0 N–H and O–H groups in total. The van der Waals surface area contributed by atoms with Crippen LogP contribution in [0.15, 0.2) is 87.3 Å². The number of rotatable bonds is 6. The maximum Gasteiger partial charge on any atom is 0.262 e. The van der Waals surface area contributed by atoms with Crippen LogP contribution in [0.25, 0.3) is 22.3 Å². The van der Waals surface area contributed by atoms with E-state index in [9.17, 15) is 9.18 Å². The quantitative estimate of drug-likeness (QED) is 0.234. The van der Waals surface area contributed by atoms with E-state index in [0.29, 0.717) is 27.0 Å². The van der Waals surface area contributed by atoms with Crippen molar-refractivity contribution < 1.29 is 8.91 Å². The van der Waals surface area contributed by atoms with Gasteiger partial charge in [-0.3, -0.25) is 9.36 Å². The van der Waals surface area contributed by atoms with Crippen molar-refractivity contribution in [3.63, 3.8) is 0 Å². The third-order valence-electron chi connectivity index (χ3n) is 5.02. The Balaban J connectivity index is 1.48. The van der Waals surface area contributed by atoms with Crippen LogP contribution in [-0.4, -0.2) is 19.7 Å². The molecule has 0 spiro atoms. The molecule has 3 aromatic carbocycles. The highest BCUT2D eigenvalue weighted by atomic mass is 35.5. The highest BCUT2D eigenvalue weighted by Gasteiger charge is 2.16. The maximum atomic E-state index is 14.0. The summed E-state index contributed by atoms with van der Waals surface area (Å²) in [6, 6.07) is 20.8. The second-order valence-electron chi connectivity index (χ2n) is 7.17. The third kappa shape index (κ3) is 4.40. The fourth-order valence-corrected chi connectivity index (χ4v) is 4.42. The molecule has 5 rings (SSSR count). The van der Waals surface area contributed by atoms with Crippen LogP contribution in [0.1, 0.15) is 11.5 Å². The molecule has 0 radical (unpaired) electrons. The van der Waals surface area contributed by atoms with Crippen molar-refractivity contribution in [1.29, 1.82) is 0 Å². The molecule has 0 aliphatic carbocycles. The average Bonchev–Trinajstić information content (AvgIpc) is 3.30. The third-order valence-corrected chi connectivity index (χ3v) is 6.35. The molecule has 6 nitrogen and oxygen atoms in total. The Bertz CT molecular complexity index is 1520. The van der Waals surface area contributed by atoms with Crippen LogP contribution in [-0.2, 0) is 12.3 Å². The molecule has 2 aromatic heterocycles. The van der Waals surface area contributed by atoms with Gasteiger partial charge in [-0.2, -0.15) is 4.98 Å². The molecular formula is C24H16ClFN4O2S. The number of halogens is 2. The molecule has 9 heteroatoms. The van der Waals surface area contributed by atoms with Crippen LogP contribution in [0.2, 0.25) is 5.02 Å². The van der Waals surface area contributed by atoms with E-state index < -0.39 is 5.82 Å². The van der Waals surface area contributed by atoms with Gasteiger partial charge in [-0.15, -0.1) is 0 Å². The molecule has 33 heavy (non-hydrogen) atoms. The first-order valence-corrected chi connectivity index (χ1v) is 11.4. The Hall–Kier alpha value is -3.49. The number of fused-ring (bicyclic) bond motifs is 1. The largest absolute Gasteiger partial charge is 0.338 e. The van der Waals surface area contributed by atoms with E-state index in [4.69, 9.17) is 16.1 Å². The van der Waals surface area contributed by atoms with Crippen molar-refractivity contribution in [3.8, 4) is 11.4 Å². The number of aromatic nitrogens is 4. The minimum atomic E-state index is -0.428. The Morgan fingerprint density at radius 2 is 1.73 bits per heavy atom. The summed E-state index contributed by atoms with van der Waals surface area (Å²) in [7, 11) is 0.